The van der Waals surface area contributed by atoms with Crippen LogP contribution in [-0.2, 0) is 0 Å². The van der Waals surface area contributed by atoms with Crippen molar-refractivity contribution in [2.45, 2.75) is 20.8 Å². The topological polar surface area (TPSA) is 73.2 Å². The van der Waals surface area contributed by atoms with Gasteiger partial charge in [0, 0.05) is 5.56 Å². The molecule has 0 aliphatic heterocycles. The lowest BCUT2D eigenvalue weighted by molar-refractivity contribution is 0.329. The van der Waals surface area contributed by atoms with Crippen molar-refractivity contribution in [3.63, 3.8) is 0 Å². The second-order valence-electron chi connectivity index (χ2n) is 4.28. The second-order valence-corrected chi connectivity index (χ2v) is 5.36. The molecule has 0 amide bonds. The van der Waals surface area contributed by atoms with Gasteiger partial charge in [-0.1, -0.05) is 0 Å². The lowest BCUT2D eigenvalue weighted by atomic mass is 10.1. The van der Waals surface area contributed by atoms with Crippen LogP contribution in [0.4, 0.5) is 5.82 Å². The van der Waals surface area contributed by atoms with Crippen LogP contribution in [0, 0.1) is 10.5 Å². The Morgan fingerprint density at radius 2 is 1.85 bits per heavy atom. The first kappa shape index (κ1) is 15.0. The number of H-pyrrole nitrogens is 1. The highest BCUT2D eigenvalue weighted by Gasteiger charge is 2.17. The highest BCUT2D eigenvalue weighted by atomic mass is 127. The summed E-state index contributed by atoms with van der Waals surface area (Å²) in [6, 6.07) is 3.95. The van der Waals surface area contributed by atoms with E-state index in [-0.39, 0.29) is 0 Å². The smallest absolute Gasteiger partial charge is 0.159 e. The quantitative estimate of drug-likeness (QED) is 0.772. The number of nitrogens with two attached hydrogens (primary N) is 1. The van der Waals surface area contributed by atoms with Crippen LogP contribution >= 0.6 is 22.6 Å². The Hall–Kier alpha value is -1.44. The van der Waals surface area contributed by atoms with Crippen molar-refractivity contribution in [2.24, 2.45) is 0 Å². The molecule has 0 atom stereocenters. The molecule has 0 aliphatic carbocycles. The Balaban J connectivity index is 2.58. The molecule has 2 rings (SSSR count). The SMILES string of the molecule is CCOc1cc(-c2[nH]nc(N)c2I)c(OCC)cc1C. The number of nitrogen functional groups attached to an aromatic ring is 1. The summed E-state index contributed by atoms with van der Waals surface area (Å²) in [7, 11) is 0. The summed E-state index contributed by atoms with van der Waals surface area (Å²) in [5.74, 6) is 2.13. The summed E-state index contributed by atoms with van der Waals surface area (Å²) < 4.78 is 12.3. The number of aromatic nitrogens is 2. The molecule has 3 N–H and O–H groups in total. The number of hydrogen-bond donors (Lipinski definition) is 2. The number of nitrogens with zero attached hydrogens (tertiary/aromatic N) is 1. The summed E-state index contributed by atoms with van der Waals surface area (Å²) in [6.45, 7) is 7.15. The predicted octanol–water partition coefficient (Wildman–Crippen LogP) is 3.37. The van der Waals surface area contributed by atoms with Crippen LogP contribution in [0.25, 0.3) is 11.3 Å². The molecule has 0 radical (unpaired) electrons. The van der Waals surface area contributed by atoms with Gasteiger partial charge in [-0.3, -0.25) is 5.10 Å². The first-order valence-electron chi connectivity index (χ1n) is 6.48. The molecule has 0 fully saturated rings. The summed E-state index contributed by atoms with van der Waals surface area (Å²) in [4.78, 5) is 0. The zero-order chi connectivity index (χ0) is 14.7. The number of benzene rings is 1. The van der Waals surface area contributed by atoms with Crippen LogP contribution in [0.1, 0.15) is 19.4 Å². The Morgan fingerprint density at radius 3 is 2.40 bits per heavy atom. The summed E-state index contributed by atoms with van der Waals surface area (Å²) in [5, 5.41) is 7.00. The van der Waals surface area contributed by atoms with E-state index in [0.29, 0.717) is 19.0 Å². The molecule has 1 heterocycles. The van der Waals surface area contributed by atoms with Crippen LogP contribution in [0.2, 0.25) is 0 Å². The monoisotopic (exact) mass is 387 g/mol. The van der Waals surface area contributed by atoms with Crippen molar-refractivity contribution in [2.75, 3.05) is 18.9 Å². The van der Waals surface area contributed by atoms with E-state index in [1.807, 2.05) is 32.9 Å². The van der Waals surface area contributed by atoms with Crippen LogP contribution < -0.4 is 15.2 Å². The molecule has 0 saturated heterocycles. The van der Waals surface area contributed by atoms with Gasteiger partial charge in [-0.25, -0.2) is 0 Å². The van der Waals surface area contributed by atoms with Gasteiger partial charge >= 0.3 is 0 Å². The summed E-state index contributed by atoms with van der Waals surface area (Å²) >= 11 is 2.18. The van der Waals surface area contributed by atoms with Crippen molar-refractivity contribution in [3.05, 3.63) is 21.3 Å². The highest BCUT2D eigenvalue weighted by molar-refractivity contribution is 14.1. The molecule has 6 heteroatoms. The van der Waals surface area contributed by atoms with Crippen molar-refractivity contribution < 1.29 is 9.47 Å². The molecule has 0 saturated carbocycles. The number of aryl methyl sites for hydroxylation is 1. The average Bonchev–Trinajstić information content (AvgIpc) is 2.74. The third-order valence-electron chi connectivity index (χ3n) is 2.88. The van der Waals surface area contributed by atoms with E-state index in [9.17, 15) is 0 Å². The lowest BCUT2D eigenvalue weighted by Crippen LogP contribution is -1.99. The molecule has 0 bridgehead atoms. The van der Waals surface area contributed by atoms with Crippen molar-refractivity contribution in [3.8, 4) is 22.8 Å². The minimum atomic E-state index is 0.488. The number of nitrogens with one attached hydrogen (secondary N) is 1. The number of halogens is 1. The predicted molar refractivity (Wildman–Crippen MR) is 88.2 cm³/mol. The number of anilines is 1. The molecule has 0 aliphatic rings. The summed E-state index contributed by atoms with van der Waals surface area (Å²) in [5.41, 5.74) is 8.62. The molecule has 1 aromatic carbocycles. The van der Waals surface area contributed by atoms with Gasteiger partial charge in [0.1, 0.15) is 11.5 Å². The Bertz CT molecular complexity index is 611. The molecule has 5 nitrogen and oxygen atoms in total. The minimum Gasteiger partial charge on any atom is -0.494 e. The number of hydrogen-bond acceptors (Lipinski definition) is 4. The molecule has 108 valence electrons. The maximum Gasteiger partial charge on any atom is 0.159 e. The number of rotatable bonds is 5. The Labute approximate surface area is 132 Å². The van der Waals surface area contributed by atoms with Gasteiger partial charge in [-0.05, 0) is 61.1 Å². The number of aromatic amines is 1. The van der Waals surface area contributed by atoms with Gasteiger partial charge in [0.2, 0.25) is 0 Å². The minimum absolute atomic E-state index is 0.488. The first-order chi connectivity index (χ1) is 9.58. The molecule has 1 aromatic heterocycles. The van der Waals surface area contributed by atoms with Gasteiger partial charge < -0.3 is 15.2 Å². The van der Waals surface area contributed by atoms with Crippen LogP contribution in [0.5, 0.6) is 11.5 Å². The van der Waals surface area contributed by atoms with Crippen LogP contribution in [-0.4, -0.2) is 23.4 Å². The van der Waals surface area contributed by atoms with Crippen molar-refractivity contribution >= 4 is 28.4 Å². The summed E-state index contributed by atoms with van der Waals surface area (Å²) in [6.07, 6.45) is 0. The van der Waals surface area contributed by atoms with Crippen LogP contribution in [0.15, 0.2) is 12.1 Å². The molecular weight excluding hydrogens is 369 g/mol. The molecular formula is C14H18IN3O2. The van der Waals surface area contributed by atoms with Crippen molar-refractivity contribution in [1.29, 1.82) is 0 Å². The first-order valence-corrected chi connectivity index (χ1v) is 7.56. The fourth-order valence-corrected chi connectivity index (χ4v) is 2.50. The van der Waals surface area contributed by atoms with E-state index in [1.165, 1.54) is 0 Å². The second kappa shape index (κ2) is 6.34. The van der Waals surface area contributed by atoms with Crippen molar-refractivity contribution in [1.82, 2.24) is 10.2 Å². The lowest BCUT2D eigenvalue weighted by Gasteiger charge is -2.14. The van der Waals surface area contributed by atoms with Gasteiger partial charge in [-0.15, -0.1) is 0 Å². The zero-order valence-corrected chi connectivity index (χ0v) is 13.9. The molecule has 20 heavy (non-hydrogen) atoms. The fraction of sp³-hybridized carbons (Fsp3) is 0.357. The van der Waals surface area contributed by atoms with Gasteiger partial charge in [-0.2, -0.15) is 5.10 Å². The van der Waals surface area contributed by atoms with E-state index >= 15 is 0 Å². The zero-order valence-electron chi connectivity index (χ0n) is 11.8. The van der Waals surface area contributed by atoms with Gasteiger partial charge in [0.25, 0.3) is 0 Å². The van der Waals surface area contributed by atoms with Crippen LogP contribution in [0.3, 0.4) is 0 Å². The maximum absolute atomic E-state index is 5.81. The average molecular weight is 387 g/mol. The van der Waals surface area contributed by atoms with Gasteiger partial charge in [0.05, 0.1) is 22.5 Å². The standard InChI is InChI=1S/C14H18IN3O2/c1-4-19-10-7-9(11(20-5-2)6-8(10)3)13-12(15)14(16)18-17-13/h6-7H,4-5H2,1-3H3,(H3,16,17,18). The number of ether oxygens (including phenoxy) is 2. The van der Waals surface area contributed by atoms with E-state index in [0.717, 1.165) is 31.9 Å². The highest BCUT2D eigenvalue weighted by Crippen LogP contribution is 2.38. The Morgan fingerprint density at radius 1 is 1.20 bits per heavy atom. The Kier molecular flexibility index (Phi) is 4.74. The van der Waals surface area contributed by atoms with Gasteiger partial charge in [0.15, 0.2) is 5.82 Å². The van der Waals surface area contributed by atoms with E-state index < -0.39 is 0 Å². The third-order valence-corrected chi connectivity index (χ3v) is 3.97. The molecule has 2 aromatic rings. The third kappa shape index (κ3) is 2.84. The molecule has 0 unspecified atom stereocenters. The molecule has 0 spiro atoms. The van der Waals surface area contributed by atoms with E-state index in [1.54, 1.807) is 0 Å². The van der Waals surface area contributed by atoms with E-state index in [2.05, 4.69) is 32.8 Å². The normalized spacial score (nSPS) is 10.6. The fourth-order valence-electron chi connectivity index (χ4n) is 1.96. The largest absolute Gasteiger partial charge is 0.494 e. The van der Waals surface area contributed by atoms with E-state index in [4.69, 9.17) is 15.2 Å². The maximum atomic E-state index is 5.81.